The molecule has 0 aromatic heterocycles. The van der Waals surface area contributed by atoms with Gasteiger partial charge in [0.25, 0.3) is 11.8 Å². The maximum absolute atomic E-state index is 12.9. The van der Waals surface area contributed by atoms with Crippen molar-refractivity contribution in [2.24, 2.45) is 0 Å². The summed E-state index contributed by atoms with van der Waals surface area (Å²) >= 11 is 3.51. The maximum atomic E-state index is 12.9. The minimum Gasteiger partial charge on any atom is -0.493 e. The molecule has 184 valence electrons. The molecule has 0 saturated carbocycles. The number of allylic oxidation sites excluding steroid dienone is 1. The van der Waals surface area contributed by atoms with E-state index in [-0.39, 0.29) is 12.2 Å². The Morgan fingerprint density at radius 2 is 1.69 bits per heavy atom. The number of amides is 2. The van der Waals surface area contributed by atoms with Gasteiger partial charge < -0.3 is 14.2 Å². The second-order valence-corrected chi connectivity index (χ2v) is 8.66. The van der Waals surface area contributed by atoms with Crippen LogP contribution < -0.4 is 24.6 Å². The smallest absolute Gasteiger partial charge is 0.282 e. The van der Waals surface area contributed by atoms with Crippen LogP contribution in [0.25, 0.3) is 6.08 Å². The molecular weight excluding hydrogens is 524 g/mol. The van der Waals surface area contributed by atoms with Gasteiger partial charge in [-0.2, -0.15) is 0 Å². The lowest BCUT2D eigenvalue weighted by atomic mass is 10.1. The van der Waals surface area contributed by atoms with E-state index >= 15 is 0 Å². The highest BCUT2D eigenvalue weighted by Crippen LogP contribution is 2.37. The van der Waals surface area contributed by atoms with Crippen molar-refractivity contribution < 1.29 is 23.8 Å². The molecule has 8 heteroatoms. The molecule has 1 aliphatic rings. The first kappa shape index (κ1) is 25.1. The normalized spacial score (nSPS) is 14.1. The van der Waals surface area contributed by atoms with Crippen molar-refractivity contribution in [2.45, 2.75) is 6.42 Å². The lowest BCUT2D eigenvalue weighted by Gasteiger charge is -2.15. The second-order valence-electron chi connectivity index (χ2n) is 7.81. The maximum Gasteiger partial charge on any atom is 0.282 e. The van der Waals surface area contributed by atoms with E-state index in [2.05, 4.69) is 27.9 Å². The molecule has 1 saturated heterocycles. The van der Waals surface area contributed by atoms with Crippen molar-refractivity contribution in [3.8, 4) is 17.2 Å². The minimum absolute atomic E-state index is 0.0214. The van der Waals surface area contributed by atoms with Gasteiger partial charge >= 0.3 is 0 Å². The first-order chi connectivity index (χ1) is 17.5. The summed E-state index contributed by atoms with van der Waals surface area (Å²) in [6.45, 7) is 4.40. The number of hydrogen-bond donors (Lipinski definition) is 1. The molecule has 1 N–H and O–H groups in total. The van der Waals surface area contributed by atoms with Gasteiger partial charge in [0.15, 0.2) is 11.5 Å². The molecule has 36 heavy (non-hydrogen) atoms. The third-order valence-electron chi connectivity index (χ3n) is 5.39. The predicted octanol–water partition coefficient (Wildman–Crippen LogP) is 5.11. The molecular formula is C28H25BrN2O5. The highest BCUT2D eigenvalue weighted by atomic mass is 79.9. The standard InChI is InChI=1S/C28H25BrN2O5/c1-3-9-20-10-7-8-13-24(20)35-14-15-36-26-23(29)17-19(18-25(26)34-2)16-22-27(32)30-31(28(22)33)21-11-5-4-6-12-21/h3-8,10-13,16-18H,1,9,14-15H2,2H3,(H,30,32)/b22-16+. The van der Waals surface area contributed by atoms with Gasteiger partial charge in [-0.05, 0) is 69.9 Å². The summed E-state index contributed by atoms with van der Waals surface area (Å²) in [6.07, 6.45) is 4.08. The molecule has 3 aromatic rings. The third-order valence-corrected chi connectivity index (χ3v) is 5.98. The average Bonchev–Trinajstić information content (AvgIpc) is 3.17. The topological polar surface area (TPSA) is 77.1 Å². The number of anilines is 1. The Bertz CT molecular complexity index is 1310. The van der Waals surface area contributed by atoms with E-state index in [0.717, 1.165) is 17.7 Å². The van der Waals surface area contributed by atoms with Crippen LogP contribution in [0.2, 0.25) is 0 Å². The Balaban J connectivity index is 1.46. The van der Waals surface area contributed by atoms with Crippen molar-refractivity contribution in [1.29, 1.82) is 0 Å². The molecule has 7 nitrogen and oxygen atoms in total. The van der Waals surface area contributed by atoms with Crippen LogP contribution in [0, 0.1) is 0 Å². The Kier molecular flexibility index (Phi) is 8.07. The van der Waals surface area contributed by atoms with Gasteiger partial charge in [-0.1, -0.05) is 42.5 Å². The van der Waals surface area contributed by atoms with E-state index in [0.29, 0.717) is 33.8 Å². The van der Waals surface area contributed by atoms with Gasteiger partial charge in [0.2, 0.25) is 0 Å². The van der Waals surface area contributed by atoms with Gasteiger partial charge in [-0.3, -0.25) is 15.0 Å². The molecule has 0 radical (unpaired) electrons. The molecule has 4 rings (SSSR count). The Morgan fingerprint density at radius 3 is 2.44 bits per heavy atom. The van der Waals surface area contributed by atoms with Crippen LogP contribution in [0.4, 0.5) is 5.69 Å². The number of ether oxygens (including phenoxy) is 3. The summed E-state index contributed by atoms with van der Waals surface area (Å²) in [6, 6.07) is 20.2. The fourth-order valence-corrected chi connectivity index (χ4v) is 4.28. The van der Waals surface area contributed by atoms with Crippen LogP contribution in [0.3, 0.4) is 0 Å². The first-order valence-electron chi connectivity index (χ1n) is 11.3. The lowest BCUT2D eigenvalue weighted by molar-refractivity contribution is -0.117. The Labute approximate surface area is 218 Å². The van der Waals surface area contributed by atoms with Crippen LogP contribution in [-0.2, 0) is 16.0 Å². The zero-order chi connectivity index (χ0) is 25.5. The Morgan fingerprint density at radius 1 is 0.972 bits per heavy atom. The number of para-hydroxylation sites is 2. The van der Waals surface area contributed by atoms with E-state index < -0.39 is 11.8 Å². The SMILES string of the molecule is C=CCc1ccccc1OCCOc1c(Br)cc(/C=C2\C(=O)NN(c3ccccc3)C2=O)cc1OC. The fraction of sp³-hybridized carbons (Fsp3) is 0.143. The van der Waals surface area contributed by atoms with E-state index in [4.69, 9.17) is 14.2 Å². The summed E-state index contributed by atoms with van der Waals surface area (Å²) in [5.74, 6) is 0.825. The number of carbonyl (C=O) groups excluding carboxylic acids is 2. The number of carbonyl (C=O) groups is 2. The summed E-state index contributed by atoms with van der Waals surface area (Å²) in [4.78, 5) is 25.4. The molecule has 1 aliphatic heterocycles. The number of benzene rings is 3. The quantitative estimate of drug-likeness (QED) is 0.165. The molecule has 0 atom stereocenters. The summed E-state index contributed by atoms with van der Waals surface area (Å²) < 4.78 is 17.9. The highest BCUT2D eigenvalue weighted by Gasteiger charge is 2.34. The van der Waals surface area contributed by atoms with Crippen molar-refractivity contribution in [3.63, 3.8) is 0 Å². The number of hydrazine groups is 1. The minimum atomic E-state index is -0.479. The number of nitrogens with one attached hydrogen (secondary N) is 1. The summed E-state index contributed by atoms with van der Waals surface area (Å²) in [7, 11) is 1.53. The molecule has 3 aromatic carbocycles. The second kappa shape index (κ2) is 11.6. The molecule has 0 aliphatic carbocycles. The molecule has 0 unspecified atom stereocenters. The number of hydrogen-bond acceptors (Lipinski definition) is 5. The lowest BCUT2D eigenvalue weighted by Crippen LogP contribution is -2.35. The van der Waals surface area contributed by atoms with Crippen LogP contribution in [0.5, 0.6) is 17.2 Å². The van der Waals surface area contributed by atoms with Crippen LogP contribution >= 0.6 is 15.9 Å². The van der Waals surface area contributed by atoms with E-state index in [1.54, 1.807) is 36.4 Å². The van der Waals surface area contributed by atoms with Gasteiger partial charge in [-0.15, -0.1) is 6.58 Å². The zero-order valence-electron chi connectivity index (χ0n) is 19.7. The average molecular weight is 549 g/mol. The monoisotopic (exact) mass is 548 g/mol. The highest BCUT2D eigenvalue weighted by molar-refractivity contribution is 9.10. The van der Waals surface area contributed by atoms with E-state index in [1.807, 2.05) is 36.4 Å². The Hall–Kier alpha value is -4.04. The molecule has 0 spiro atoms. The van der Waals surface area contributed by atoms with Crippen LogP contribution in [0.1, 0.15) is 11.1 Å². The number of methoxy groups -OCH3 is 1. The van der Waals surface area contributed by atoms with E-state index in [1.165, 1.54) is 18.2 Å². The molecule has 0 bridgehead atoms. The molecule has 2 amide bonds. The largest absolute Gasteiger partial charge is 0.493 e. The van der Waals surface area contributed by atoms with Gasteiger partial charge in [0.05, 0.1) is 17.3 Å². The van der Waals surface area contributed by atoms with Crippen molar-refractivity contribution in [1.82, 2.24) is 5.43 Å². The molecule has 1 heterocycles. The zero-order valence-corrected chi connectivity index (χ0v) is 21.3. The first-order valence-corrected chi connectivity index (χ1v) is 12.0. The predicted molar refractivity (Wildman–Crippen MR) is 142 cm³/mol. The van der Waals surface area contributed by atoms with Gasteiger partial charge in [-0.25, -0.2) is 5.01 Å². The number of halogens is 1. The molecule has 1 fully saturated rings. The summed E-state index contributed by atoms with van der Waals surface area (Å²) in [5, 5.41) is 1.23. The third kappa shape index (κ3) is 5.60. The van der Waals surface area contributed by atoms with Crippen LogP contribution in [-0.4, -0.2) is 32.1 Å². The van der Waals surface area contributed by atoms with Gasteiger partial charge in [0.1, 0.15) is 24.5 Å². The van der Waals surface area contributed by atoms with Crippen LogP contribution in [0.15, 0.2) is 89.4 Å². The summed E-state index contributed by atoms with van der Waals surface area (Å²) in [5.41, 5.74) is 4.86. The number of nitrogens with zero attached hydrogens (tertiary/aromatic N) is 1. The van der Waals surface area contributed by atoms with E-state index in [9.17, 15) is 9.59 Å². The van der Waals surface area contributed by atoms with Crippen molar-refractivity contribution in [3.05, 3.63) is 101 Å². The fourth-order valence-electron chi connectivity index (χ4n) is 3.71. The van der Waals surface area contributed by atoms with Crippen molar-refractivity contribution >= 4 is 39.5 Å². The van der Waals surface area contributed by atoms with Gasteiger partial charge in [0, 0.05) is 0 Å². The number of rotatable bonds is 10. The van der Waals surface area contributed by atoms with Crippen molar-refractivity contribution in [2.75, 3.05) is 25.3 Å².